The first-order chi connectivity index (χ1) is 13.8. The first-order valence-electron chi connectivity index (χ1n) is 12.1. The van der Waals surface area contributed by atoms with Gasteiger partial charge in [-0.15, -0.1) is 0 Å². The van der Waals surface area contributed by atoms with E-state index >= 15 is 0 Å². The van der Waals surface area contributed by atoms with E-state index in [1.54, 1.807) is 0 Å². The van der Waals surface area contributed by atoms with E-state index in [0.717, 1.165) is 51.4 Å². The lowest BCUT2D eigenvalue weighted by Gasteiger charge is -2.16. The fourth-order valence-electron chi connectivity index (χ4n) is 3.49. The van der Waals surface area contributed by atoms with Crippen molar-refractivity contribution in [2.45, 2.75) is 117 Å². The fourth-order valence-corrected chi connectivity index (χ4v) is 3.49. The highest BCUT2D eigenvalue weighted by Gasteiger charge is 2.19. The van der Waals surface area contributed by atoms with Crippen molar-refractivity contribution in [3.05, 3.63) is 0 Å². The molecule has 0 saturated heterocycles. The molecule has 0 aliphatic heterocycles. The quantitative estimate of drug-likeness (QED) is 0.168. The summed E-state index contributed by atoms with van der Waals surface area (Å²) in [5, 5.41) is 8.65. The topological polar surface area (TPSA) is 55.8 Å². The summed E-state index contributed by atoms with van der Waals surface area (Å²) in [6, 6.07) is 0. The van der Waals surface area contributed by atoms with Crippen molar-refractivity contribution >= 4 is 5.97 Å². The minimum Gasteiger partial charge on any atom is -0.465 e. The average Bonchev–Trinajstić information content (AvgIpc) is 2.70. The Balaban J connectivity index is 3.90. The molecule has 1 atom stereocenters. The summed E-state index contributed by atoms with van der Waals surface area (Å²) in [4.78, 5) is 12.5. The predicted molar refractivity (Wildman–Crippen MR) is 118 cm³/mol. The Morgan fingerprint density at radius 3 is 1.79 bits per heavy atom. The second-order valence-electron chi connectivity index (χ2n) is 8.02. The van der Waals surface area contributed by atoms with Crippen molar-refractivity contribution < 1.29 is 19.4 Å². The van der Waals surface area contributed by atoms with Crippen LogP contribution < -0.4 is 0 Å². The van der Waals surface area contributed by atoms with Crippen LogP contribution in [0, 0.1) is 5.92 Å². The number of unbranched alkanes of at least 4 members (excludes halogenated alkanes) is 11. The van der Waals surface area contributed by atoms with E-state index in [0.29, 0.717) is 19.8 Å². The third kappa shape index (κ3) is 18.7. The second kappa shape index (κ2) is 22.7. The monoisotopic (exact) mass is 400 g/mol. The highest BCUT2D eigenvalue weighted by atomic mass is 16.5. The van der Waals surface area contributed by atoms with Gasteiger partial charge in [-0.2, -0.15) is 0 Å². The Bertz CT molecular complexity index is 320. The van der Waals surface area contributed by atoms with Gasteiger partial charge in [0.2, 0.25) is 0 Å². The number of carbonyl (C=O) groups is 1. The Kier molecular flexibility index (Phi) is 22.2. The lowest BCUT2D eigenvalue weighted by molar-refractivity contribution is -0.149. The Morgan fingerprint density at radius 1 is 0.679 bits per heavy atom. The normalized spacial score (nSPS) is 12.2. The van der Waals surface area contributed by atoms with Gasteiger partial charge in [0, 0.05) is 6.61 Å². The lowest BCUT2D eigenvalue weighted by atomic mass is 9.94. The van der Waals surface area contributed by atoms with Gasteiger partial charge in [-0.05, 0) is 32.1 Å². The van der Waals surface area contributed by atoms with Crippen LogP contribution in [-0.4, -0.2) is 37.5 Å². The summed E-state index contributed by atoms with van der Waals surface area (Å²) in [5.74, 6) is 0.145. The molecule has 0 rings (SSSR count). The van der Waals surface area contributed by atoms with Crippen molar-refractivity contribution in [2.24, 2.45) is 5.92 Å². The van der Waals surface area contributed by atoms with E-state index in [-0.39, 0.29) is 18.5 Å². The highest BCUT2D eigenvalue weighted by Crippen LogP contribution is 2.20. The van der Waals surface area contributed by atoms with Crippen LogP contribution in [0.3, 0.4) is 0 Å². The molecule has 0 aromatic carbocycles. The number of rotatable bonds is 22. The van der Waals surface area contributed by atoms with Crippen LogP contribution in [0.5, 0.6) is 0 Å². The molecule has 0 fully saturated rings. The largest absolute Gasteiger partial charge is 0.465 e. The molecule has 0 saturated carbocycles. The van der Waals surface area contributed by atoms with Gasteiger partial charge in [0.15, 0.2) is 0 Å². The smallest absolute Gasteiger partial charge is 0.308 e. The number of esters is 1. The molecule has 168 valence electrons. The van der Waals surface area contributed by atoms with Crippen LogP contribution in [0.4, 0.5) is 0 Å². The maximum Gasteiger partial charge on any atom is 0.308 e. The zero-order valence-electron chi connectivity index (χ0n) is 18.9. The standard InChI is InChI=1S/C24H48O4/c1-3-5-7-9-10-14-18-23(17-13-8-6-4-2)24(26)28-21-16-12-11-15-20-27-22-19-25/h23,25H,3-22H2,1-2H3. The molecule has 0 spiro atoms. The Hall–Kier alpha value is -0.610. The molecule has 0 aliphatic carbocycles. The molecule has 0 aliphatic rings. The molecule has 4 nitrogen and oxygen atoms in total. The minimum atomic E-state index is 0.0383. The summed E-state index contributed by atoms with van der Waals surface area (Å²) in [5.41, 5.74) is 0. The Morgan fingerprint density at radius 2 is 1.18 bits per heavy atom. The van der Waals surface area contributed by atoms with E-state index in [2.05, 4.69) is 13.8 Å². The van der Waals surface area contributed by atoms with Gasteiger partial charge in [0.05, 0.1) is 25.7 Å². The Labute approximate surface area is 174 Å². The number of hydrogen-bond acceptors (Lipinski definition) is 4. The summed E-state index contributed by atoms with van der Waals surface area (Å²) in [7, 11) is 0. The molecule has 0 amide bonds. The van der Waals surface area contributed by atoms with Crippen molar-refractivity contribution in [1.82, 2.24) is 0 Å². The van der Waals surface area contributed by atoms with E-state index in [1.807, 2.05) is 0 Å². The van der Waals surface area contributed by atoms with Crippen LogP contribution in [0.15, 0.2) is 0 Å². The summed E-state index contributed by atoms with van der Waals surface area (Å²) >= 11 is 0. The van der Waals surface area contributed by atoms with Crippen LogP contribution in [0.2, 0.25) is 0 Å². The summed E-state index contributed by atoms with van der Waals surface area (Å²) < 4.78 is 10.8. The molecule has 0 aromatic rings. The molecular weight excluding hydrogens is 352 g/mol. The van der Waals surface area contributed by atoms with Crippen molar-refractivity contribution in [3.8, 4) is 0 Å². The maximum atomic E-state index is 12.5. The molecule has 1 N–H and O–H groups in total. The second-order valence-corrected chi connectivity index (χ2v) is 8.02. The van der Waals surface area contributed by atoms with Crippen LogP contribution in [0.25, 0.3) is 0 Å². The maximum absolute atomic E-state index is 12.5. The number of aliphatic hydroxyl groups excluding tert-OH is 1. The molecule has 0 aromatic heterocycles. The predicted octanol–water partition coefficient (Wildman–Crippen LogP) is 6.44. The fraction of sp³-hybridized carbons (Fsp3) is 0.958. The summed E-state index contributed by atoms with van der Waals surface area (Å²) in [6.45, 7) is 6.25. The first kappa shape index (κ1) is 27.4. The van der Waals surface area contributed by atoms with Crippen LogP contribution >= 0.6 is 0 Å². The van der Waals surface area contributed by atoms with Gasteiger partial charge in [-0.1, -0.05) is 84.5 Å². The van der Waals surface area contributed by atoms with Crippen LogP contribution in [0.1, 0.15) is 117 Å². The van der Waals surface area contributed by atoms with Crippen molar-refractivity contribution in [2.75, 3.05) is 26.4 Å². The summed E-state index contributed by atoms with van der Waals surface area (Å²) in [6.07, 6.45) is 18.6. The SMILES string of the molecule is CCCCCCCCC(CCCCCC)C(=O)OCCCCCCOCCO. The van der Waals surface area contributed by atoms with E-state index in [1.165, 1.54) is 51.4 Å². The molecule has 4 heteroatoms. The van der Waals surface area contributed by atoms with E-state index in [9.17, 15) is 4.79 Å². The van der Waals surface area contributed by atoms with Gasteiger partial charge in [0.25, 0.3) is 0 Å². The van der Waals surface area contributed by atoms with Gasteiger partial charge in [-0.25, -0.2) is 0 Å². The number of carbonyl (C=O) groups excluding carboxylic acids is 1. The van der Waals surface area contributed by atoms with E-state index in [4.69, 9.17) is 14.6 Å². The molecule has 28 heavy (non-hydrogen) atoms. The third-order valence-electron chi connectivity index (χ3n) is 5.31. The van der Waals surface area contributed by atoms with Crippen molar-refractivity contribution in [1.29, 1.82) is 0 Å². The molecule has 0 bridgehead atoms. The number of hydrogen-bond donors (Lipinski definition) is 1. The lowest BCUT2D eigenvalue weighted by Crippen LogP contribution is -2.18. The molecule has 1 unspecified atom stereocenters. The average molecular weight is 401 g/mol. The highest BCUT2D eigenvalue weighted by molar-refractivity contribution is 5.72. The molecule has 0 heterocycles. The molecule has 0 radical (unpaired) electrons. The van der Waals surface area contributed by atoms with Crippen LogP contribution in [-0.2, 0) is 14.3 Å². The number of aliphatic hydroxyl groups is 1. The van der Waals surface area contributed by atoms with Crippen molar-refractivity contribution in [3.63, 3.8) is 0 Å². The minimum absolute atomic E-state index is 0.0383. The van der Waals surface area contributed by atoms with Gasteiger partial charge in [0.1, 0.15) is 0 Å². The zero-order chi connectivity index (χ0) is 20.7. The van der Waals surface area contributed by atoms with Gasteiger partial charge in [-0.3, -0.25) is 4.79 Å². The van der Waals surface area contributed by atoms with E-state index < -0.39 is 0 Å². The molecular formula is C24H48O4. The first-order valence-corrected chi connectivity index (χ1v) is 12.1. The van der Waals surface area contributed by atoms with Gasteiger partial charge < -0.3 is 14.6 Å². The number of ether oxygens (including phenoxy) is 2. The zero-order valence-corrected chi connectivity index (χ0v) is 18.9. The third-order valence-corrected chi connectivity index (χ3v) is 5.31. The van der Waals surface area contributed by atoms with Gasteiger partial charge >= 0.3 is 5.97 Å².